The summed E-state index contributed by atoms with van der Waals surface area (Å²) in [4.78, 5) is 23.0. The van der Waals surface area contributed by atoms with Gasteiger partial charge in [0.05, 0.1) is 0 Å². The van der Waals surface area contributed by atoms with Crippen molar-refractivity contribution < 1.29 is 14.7 Å². The molecule has 102 valence electrons. The molecule has 19 heavy (non-hydrogen) atoms. The summed E-state index contributed by atoms with van der Waals surface area (Å²) < 4.78 is 0. The number of carbonyl (C=O) groups is 2. The third kappa shape index (κ3) is 2.73. The molecular weight excluding hydrogens is 266 g/mol. The number of amides is 1. The fourth-order valence-electron chi connectivity index (χ4n) is 2.73. The van der Waals surface area contributed by atoms with E-state index in [1.165, 1.54) is 4.90 Å². The highest BCUT2D eigenvalue weighted by atomic mass is 35.5. The SMILES string of the molecule is CN(C[C@]1(c2cccc(Cl)c2)C[C@@H]1CC=O)C(=O)O. The molecule has 0 spiro atoms. The van der Waals surface area contributed by atoms with Gasteiger partial charge in [0, 0.05) is 30.5 Å². The lowest BCUT2D eigenvalue weighted by Gasteiger charge is -2.23. The summed E-state index contributed by atoms with van der Waals surface area (Å²) in [5.41, 5.74) is 0.749. The number of benzene rings is 1. The highest BCUT2D eigenvalue weighted by Gasteiger charge is 2.55. The van der Waals surface area contributed by atoms with Gasteiger partial charge in [-0.3, -0.25) is 0 Å². The van der Waals surface area contributed by atoms with Crippen LogP contribution in [0, 0.1) is 5.92 Å². The zero-order chi connectivity index (χ0) is 14.0. The molecule has 2 atom stereocenters. The van der Waals surface area contributed by atoms with E-state index in [0.717, 1.165) is 18.3 Å². The predicted molar refractivity (Wildman–Crippen MR) is 72.6 cm³/mol. The average molecular weight is 282 g/mol. The van der Waals surface area contributed by atoms with E-state index in [0.29, 0.717) is 18.0 Å². The van der Waals surface area contributed by atoms with Crippen LogP contribution in [0.4, 0.5) is 4.79 Å². The molecule has 0 aromatic heterocycles. The molecule has 0 saturated heterocycles. The second-order valence-electron chi connectivity index (χ2n) is 5.11. The minimum atomic E-state index is -0.960. The normalized spacial score (nSPS) is 24.8. The van der Waals surface area contributed by atoms with Crippen LogP contribution in [0.3, 0.4) is 0 Å². The number of aldehydes is 1. The smallest absolute Gasteiger partial charge is 0.407 e. The second-order valence-corrected chi connectivity index (χ2v) is 5.54. The Morgan fingerprint density at radius 2 is 2.37 bits per heavy atom. The van der Waals surface area contributed by atoms with Crippen molar-refractivity contribution in [3.8, 4) is 0 Å². The van der Waals surface area contributed by atoms with Gasteiger partial charge in [-0.25, -0.2) is 4.79 Å². The summed E-state index contributed by atoms with van der Waals surface area (Å²) in [6.07, 6.45) is 1.22. The van der Waals surface area contributed by atoms with Crippen LogP contribution in [0.5, 0.6) is 0 Å². The highest BCUT2D eigenvalue weighted by Crippen LogP contribution is 2.56. The largest absolute Gasteiger partial charge is 0.465 e. The van der Waals surface area contributed by atoms with Crippen LogP contribution in [0.25, 0.3) is 0 Å². The fraction of sp³-hybridized carbons (Fsp3) is 0.429. The van der Waals surface area contributed by atoms with Crippen LogP contribution < -0.4 is 0 Å². The van der Waals surface area contributed by atoms with E-state index >= 15 is 0 Å². The minimum absolute atomic E-state index is 0.199. The number of hydrogen-bond acceptors (Lipinski definition) is 2. The zero-order valence-electron chi connectivity index (χ0n) is 10.7. The lowest BCUT2D eigenvalue weighted by molar-refractivity contribution is -0.108. The van der Waals surface area contributed by atoms with Crippen LogP contribution in [0.15, 0.2) is 24.3 Å². The van der Waals surface area contributed by atoms with E-state index in [4.69, 9.17) is 16.7 Å². The van der Waals surface area contributed by atoms with Gasteiger partial charge in [-0.2, -0.15) is 0 Å². The van der Waals surface area contributed by atoms with Crippen LogP contribution in [-0.2, 0) is 10.2 Å². The van der Waals surface area contributed by atoms with E-state index in [1.807, 2.05) is 18.2 Å². The minimum Gasteiger partial charge on any atom is -0.465 e. The number of halogens is 1. The summed E-state index contributed by atoms with van der Waals surface area (Å²) >= 11 is 6.00. The lowest BCUT2D eigenvalue weighted by atomic mass is 9.92. The van der Waals surface area contributed by atoms with E-state index in [-0.39, 0.29) is 11.3 Å². The molecule has 1 aliphatic carbocycles. The first kappa shape index (κ1) is 13.9. The molecular formula is C14H16ClNO3. The van der Waals surface area contributed by atoms with Crippen molar-refractivity contribution >= 4 is 24.0 Å². The van der Waals surface area contributed by atoms with Gasteiger partial charge in [-0.15, -0.1) is 0 Å². The molecule has 5 heteroatoms. The molecule has 1 N–H and O–H groups in total. The van der Waals surface area contributed by atoms with Crippen LogP contribution in [-0.4, -0.2) is 36.0 Å². The maximum absolute atomic E-state index is 11.0. The van der Waals surface area contributed by atoms with Gasteiger partial charge in [-0.05, 0) is 30.0 Å². The van der Waals surface area contributed by atoms with Gasteiger partial charge in [-0.1, -0.05) is 23.7 Å². The fourth-order valence-corrected chi connectivity index (χ4v) is 2.92. The van der Waals surface area contributed by atoms with Gasteiger partial charge >= 0.3 is 6.09 Å². The molecule has 0 bridgehead atoms. The quantitative estimate of drug-likeness (QED) is 0.844. The number of likely N-dealkylation sites (N-methyl/N-ethyl adjacent to an activating group) is 1. The van der Waals surface area contributed by atoms with Gasteiger partial charge in [0.25, 0.3) is 0 Å². The number of hydrogen-bond donors (Lipinski definition) is 1. The summed E-state index contributed by atoms with van der Waals surface area (Å²) in [7, 11) is 1.55. The van der Waals surface area contributed by atoms with Crippen molar-refractivity contribution in [3.05, 3.63) is 34.9 Å². The first-order chi connectivity index (χ1) is 8.99. The van der Waals surface area contributed by atoms with Crippen molar-refractivity contribution in [1.29, 1.82) is 0 Å². The first-order valence-corrected chi connectivity index (χ1v) is 6.51. The van der Waals surface area contributed by atoms with Crippen molar-refractivity contribution in [3.63, 3.8) is 0 Å². The molecule has 0 radical (unpaired) electrons. The van der Waals surface area contributed by atoms with Crippen LogP contribution >= 0.6 is 11.6 Å². The van der Waals surface area contributed by atoms with E-state index < -0.39 is 6.09 Å². The molecule has 1 aromatic carbocycles. The van der Waals surface area contributed by atoms with Gasteiger partial charge in [0.15, 0.2) is 0 Å². The molecule has 0 unspecified atom stereocenters. The van der Waals surface area contributed by atoms with Crippen molar-refractivity contribution in [2.75, 3.05) is 13.6 Å². The third-order valence-electron chi connectivity index (χ3n) is 3.86. The van der Waals surface area contributed by atoms with E-state index in [9.17, 15) is 9.59 Å². The Hall–Kier alpha value is -1.55. The number of carboxylic acid groups (broad SMARTS) is 1. The Kier molecular flexibility index (Phi) is 3.80. The summed E-state index contributed by atoms with van der Waals surface area (Å²) in [6.45, 7) is 0.390. The molecule has 4 nitrogen and oxygen atoms in total. The number of carbonyl (C=O) groups excluding carboxylic acids is 1. The van der Waals surface area contributed by atoms with Crippen LogP contribution in [0.1, 0.15) is 18.4 Å². The van der Waals surface area contributed by atoms with E-state index in [2.05, 4.69) is 0 Å². The number of rotatable bonds is 5. The average Bonchev–Trinajstić information content (AvgIpc) is 3.04. The molecule has 1 aliphatic rings. The molecule has 1 fully saturated rings. The number of nitrogens with zero attached hydrogens (tertiary/aromatic N) is 1. The molecule has 0 aliphatic heterocycles. The van der Waals surface area contributed by atoms with Gasteiger partial charge in [0.2, 0.25) is 0 Å². The monoisotopic (exact) mass is 281 g/mol. The van der Waals surface area contributed by atoms with Crippen LogP contribution in [0.2, 0.25) is 5.02 Å². The third-order valence-corrected chi connectivity index (χ3v) is 4.09. The summed E-state index contributed by atoms with van der Waals surface area (Å²) in [5, 5.41) is 9.65. The Bertz CT molecular complexity index is 505. The molecule has 1 aromatic rings. The maximum atomic E-state index is 11.0. The van der Waals surface area contributed by atoms with Crippen molar-refractivity contribution in [2.24, 2.45) is 5.92 Å². The summed E-state index contributed by atoms with van der Waals surface area (Å²) in [5.74, 6) is 0.199. The molecule has 0 heterocycles. The predicted octanol–water partition coefficient (Wildman–Crippen LogP) is 2.80. The van der Waals surface area contributed by atoms with Gasteiger partial charge < -0.3 is 14.8 Å². The topological polar surface area (TPSA) is 57.6 Å². The van der Waals surface area contributed by atoms with Gasteiger partial charge in [0.1, 0.15) is 6.29 Å². The lowest BCUT2D eigenvalue weighted by Crippen LogP contribution is -2.34. The molecule has 2 rings (SSSR count). The summed E-state index contributed by atoms with van der Waals surface area (Å²) in [6, 6.07) is 7.46. The highest BCUT2D eigenvalue weighted by molar-refractivity contribution is 6.30. The first-order valence-electron chi connectivity index (χ1n) is 6.13. The second kappa shape index (κ2) is 5.21. The Balaban J connectivity index is 2.27. The Labute approximate surface area is 117 Å². The molecule has 1 amide bonds. The molecule has 1 saturated carbocycles. The standard InChI is InChI=1S/C14H16ClNO3/c1-16(13(18)19)9-14(8-11(14)5-6-17)10-3-2-4-12(15)7-10/h2-4,6-7,11H,5,8-9H2,1H3,(H,18,19)/t11-,14-/m0/s1. The Morgan fingerprint density at radius 3 is 2.95 bits per heavy atom. The Morgan fingerprint density at radius 1 is 1.63 bits per heavy atom. The zero-order valence-corrected chi connectivity index (χ0v) is 11.4. The van der Waals surface area contributed by atoms with E-state index in [1.54, 1.807) is 13.1 Å². The maximum Gasteiger partial charge on any atom is 0.407 e. The van der Waals surface area contributed by atoms with Crippen molar-refractivity contribution in [2.45, 2.75) is 18.3 Å². The van der Waals surface area contributed by atoms with Crippen molar-refractivity contribution in [1.82, 2.24) is 4.90 Å².